The van der Waals surface area contributed by atoms with Crippen LogP contribution in [0.4, 0.5) is 11.4 Å². The number of ether oxygens (including phenoxy) is 1. The lowest BCUT2D eigenvalue weighted by atomic mass is 10.2. The lowest BCUT2D eigenvalue weighted by Gasteiger charge is -2.13. The van der Waals surface area contributed by atoms with Gasteiger partial charge in [-0.05, 0) is 18.2 Å². The number of nitrogens with one attached hydrogen (secondary N) is 2. The number of hydrogen-bond acceptors (Lipinski definition) is 4. The van der Waals surface area contributed by atoms with Crippen LogP contribution in [0.1, 0.15) is 13.8 Å². The van der Waals surface area contributed by atoms with Crippen LogP contribution in [0, 0.1) is 5.92 Å². The predicted octanol–water partition coefficient (Wildman–Crippen LogP) is 1.62. The number of nitrogens with two attached hydrogens (primary N) is 1. The zero-order chi connectivity index (χ0) is 15.1. The molecule has 2 amide bonds. The lowest BCUT2D eigenvalue weighted by Crippen LogP contribution is -2.39. The van der Waals surface area contributed by atoms with E-state index in [0.29, 0.717) is 11.4 Å². The number of methoxy groups -OCH3 is 1. The molecule has 6 nitrogen and oxygen atoms in total. The molecule has 0 aliphatic rings. The Bertz CT molecular complexity index is 480. The van der Waals surface area contributed by atoms with Gasteiger partial charge >= 0.3 is 0 Å². The van der Waals surface area contributed by atoms with Gasteiger partial charge in [-0.25, -0.2) is 0 Å². The van der Waals surface area contributed by atoms with Crippen LogP contribution in [0.25, 0.3) is 0 Å². The number of amides is 2. The fourth-order valence-electron chi connectivity index (χ4n) is 1.45. The van der Waals surface area contributed by atoms with Crippen LogP contribution in [-0.4, -0.2) is 31.6 Å². The van der Waals surface area contributed by atoms with E-state index < -0.39 is 6.04 Å². The van der Waals surface area contributed by atoms with Crippen LogP contribution < -0.4 is 16.4 Å². The first kappa shape index (κ1) is 19.4. The van der Waals surface area contributed by atoms with Crippen molar-refractivity contribution in [3.63, 3.8) is 0 Å². The number of carbonyl (C=O) groups excluding carboxylic acids is 2. The minimum absolute atomic E-state index is 0. The molecular formula is C14H22ClN3O3. The Kier molecular flexibility index (Phi) is 8.61. The number of halogens is 1. The van der Waals surface area contributed by atoms with Gasteiger partial charge in [-0.15, -0.1) is 12.4 Å². The molecule has 0 heterocycles. The van der Waals surface area contributed by atoms with E-state index in [0.717, 1.165) is 0 Å². The fourth-order valence-corrected chi connectivity index (χ4v) is 1.45. The van der Waals surface area contributed by atoms with Crippen molar-refractivity contribution in [3.05, 3.63) is 24.3 Å². The Hall–Kier alpha value is -1.63. The second-order valence-corrected chi connectivity index (χ2v) is 4.78. The quantitative estimate of drug-likeness (QED) is 0.743. The highest BCUT2D eigenvalue weighted by molar-refractivity contribution is 5.96. The largest absolute Gasteiger partial charge is 0.383 e. The van der Waals surface area contributed by atoms with Gasteiger partial charge in [0.05, 0.1) is 6.61 Å². The molecular weight excluding hydrogens is 294 g/mol. The van der Waals surface area contributed by atoms with Crippen molar-refractivity contribution in [3.8, 4) is 0 Å². The van der Waals surface area contributed by atoms with E-state index in [1.807, 2.05) is 13.8 Å². The summed E-state index contributed by atoms with van der Waals surface area (Å²) in [5, 5.41) is 5.44. The minimum Gasteiger partial charge on any atom is -0.383 e. The number of carbonyl (C=O) groups is 2. The summed E-state index contributed by atoms with van der Waals surface area (Å²) in [5.41, 5.74) is 6.83. The van der Waals surface area contributed by atoms with Gasteiger partial charge in [0.1, 0.15) is 6.04 Å². The number of hydrogen-bond donors (Lipinski definition) is 3. The summed E-state index contributed by atoms with van der Waals surface area (Å²) in [6.45, 7) is 3.77. The molecule has 0 saturated heterocycles. The first-order valence-electron chi connectivity index (χ1n) is 6.40. The summed E-state index contributed by atoms with van der Waals surface area (Å²) >= 11 is 0. The number of rotatable bonds is 6. The van der Waals surface area contributed by atoms with Crippen molar-refractivity contribution in [2.75, 3.05) is 24.4 Å². The summed E-state index contributed by atoms with van der Waals surface area (Å²) in [6, 6.07) is 6.17. The van der Waals surface area contributed by atoms with Crippen LogP contribution in [0.5, 0.6) is 0 Å². The SMILES string of the molecule is COCC(N)C(=O)Nc1cccc(NC(=O)C(C)C)c1.Cl. The van der Waals surface area contributed by atoms with Gasteiger partial charge in [-0.2, -0.15) is 0 Å². The van der Waals surface area contributed by atoms with Gasteiger partial charge in [0.25, 0.3) is 0 Å². The maximum atomic E-state index is 11.7. The molecule has 4 N–H and O–H groups in total. The average Bonchev–Trinajstić information content (AvgIpc) is 2.39. The van der Waals surface area contributed by atoms with E-state index in [9.17, 15) is 9.59 Å². The Morgan fingerprint density at radius 1 is 1.19 bits per heavy atom. The fraction of sp³-hybridized carbons (Fsp3) is 0.429. The molecule has 7 heteroatoms. The number of benzene rings is 1. The van der Waals surface area contributed by atoms with Gasteiger partial charge in [0, 0.05) is 24.4 Å². The van der Waals surface area contributed by atoms with Gasteiger partial charge in [0.15, 0.2) is 0 Å². The highest BCUT2D eigenvalue weighted by atomic mass is 35.5. The molecule has 0 aromatic heterocycles. The molecule has 1 aromatic carbocycles. The maximum absolute atomic E-state index is 11.7. The molecule has 1 aromatic rings. The second-order valence-electron chi connectivity index (χ2n) is 4.78. The molecule has 0 radical (unpaired) electrons. The first-order valence-corrected chi connectivity index (χ1v) is 6.40. The monoisotopic (exact) mass is 315 g/mol. The van der Waals surface area contributed by atoms with Gasteiger partial charge in [0.2, 0.25) is 11.8 Å². The minimum atomic E-state index is -0.728. The highest BCUT2D eigenvalue weighted by Crippen LogP contribution is 2.16. The molecule has 0 saturated carbocycles. The standard InChI is InChI=1S/C14H21N3O3.ClH/c1-9(2)13(18)16-10-5-4-6-11(7-10)17-14(19)12(15)8-20-3;/h4-7,9,12H,8,15H2,1-3H3,(H,16,18)(H,17,19);1H. The lowest BCUT2D eigenvalue weighted by molar-refractivity contribution is -0.119. The Labute approximate surface area is 130 Å². The average molecular weight is 316 g/mol. The third-order valence-electron chi connectivity index (χ3n) is 2.61. The van der Waals surface area contributed by atoms with E-state index in [-0.39, 0.29) is 36.7 Å². The summed E-state index contributed by atoms with van der Waals surface area (Å²) in [5.74, 6) is -0.521. The van der Waals surface area contributed by atoms with E-state index >= 15 is 0 Å². The third-order valence-corrected chi connectivity index (χ3v) is 2.61. The van der Waals surface area contributed by atoms with Crippen molar-refractivity contribution >= 4 is 35.6 Å². The van der Waals surface area contributed by atoms with Crippen LogP contribution in [0.15, 0.2) is 24.3 Å². The predicted molar refractivity (Wildman–Crippen MR) is 85.6 cm³/mol. The summed E-state index contributed by atoms with van der Waals surface area (Å²) in [4.78, 5) is 23.3. The van der Waals surface area contributed by atoms with Gasteiger partial charge < -0.3 is 21.1 Å². The molecule has 118 valence electrons. The summed E-state index contributed by atoms with van der Waals surface area (Å²) < 4.78 is 4.82. The topological polar surface area (TPSA) is 93.4 Å². The number of anilines is 2. The first-order chi connectivity index (χ1) is 9.43. The van der Waals surface area contributed by atoms with Gasteiger partial charge in [-0.3, -0.25) is 9.59 Å². The molecule has 0 fully saturated rings. The van der Waals surface area contributed by atoms with Crippen molar-refractivity contribution in [1.82, 2.24) is 0 Å². The normalized spacial score (nSPS) is 11.5. The zero-order valence-electron chi connectivity index (χ0n) is 12.4. The van der Waals surface area contributed by atoms with Crippen LogP contribution in [-0.2, 0) is 14.3 Å². The summed E-state index contributed by atoms with van der Waals surface area (Å²) in [7, 11) is 1.48. The van der Waals surface area contributed by atoms with E-state index in [1.54, 1.807) is 24.3 Å². The van der Waals surface area contributed by atoms with E-state index in [1.165, 1.54) is 7.11 Å². The molecule has 1 rings (SSSR count). The van der Waals surface area contributed by atoms with Crippen LogP contribution in [0.2, 0.25) is 0 Å². The Balaban J connectivity index is 0.00000400. The van der Waals surface area contributed by atoms with Crippen LogP contribution in [0.3, 0.4) is 0 Å². The molecule has 1 atom stereocenters. The molecule has 1 unspecified atom stereocenters. The third kappa shape index (κ3) is 6.57. The molecule has 0 aliphatic heterocycles. The van der Waals surface area contributed by atoms with Crippen molar-refractivity contribution in [2.45, 2.75) is 19.9 Å². The highest BCUT2D eigenvalue weighted by Gasteiger charge is 2.13. The molecule has 21 heavy (non-hydrogen) atoms. The Morgan fingerprint density at radius 2 is 1.71 bits per heavy atom. The second kappa shape index (κ2) is 9.33. The van der Waals surface area contributed by atoms with Crippen LogP contribution >= 0.6 is 12.4 Å². The van der Waals surface area contributed by atoms with Crippen molar-refractivity contribution in [2.24, 2.45) is 11.7 Å². The molecule has 0 spiro atoms. The Morgan fingerprint density at radius 3 is 2.19 bits per heavy atom. The van der Waals surface area contributed by atoms with E-state index in [2.05, 4.69) is 10.6 Å². The molecule has 0 bridgehead atoms. The van der Waals surface area contributed by atoms with E-state index in [4.69, 9.17) is 10.5 Å². The smallest absolute Gasteiger partial charge is 0.243 e. The maximum Gasteiger partial charge on any atom is 0.243 e. The zero-order valence-corrected chi connectivity index (χ0v) is 13.2. The van der Waals surface area contributed by atoms with Crippen molar-refractivity contribution < 1.29 is 14.3 Å². The van der Waals surface area contributed by atoms with Gasteiger partial charge in [-0.1, -0.05) is 19.9 Å². The summed E-state index contributed by atoms with van der Waals surface area (Å²) in [6.07, 6.45) is 0. The van der Waals surface area contributed by atoms with Crippen molar-refractivity contribution in [1.29, 1.82) is 0 Å². The molecule has 0 aliphatic carbocycles.